The molecule has 4 heteroatoms. The zero-order valence-electron chi connectivity index (χ0n) is 17.3. The van der Waals surface area contributed by atoms with E-state index in [1.54, 1.807) is 12.3 Å². The summed E-state index contributed by atoms with van der Waals surface area (Å²) in [7, 11) is 0. The molecule has 0 aliphatic rings. The first-order chi connectivity index (χ1) is 14.4. The Balaban J connectivity index is 1.69. The maximum atomic E-state index is 10.5. The Labute approximate surface area is 176 Å². The minimum atomic E-state index is -0.0167. The van der Waals surface area contributed by atoms with Gasteiger partial charge in [0.1, 0.15) is 11.5 Å². The molecular weight excluding hydrogens is 372 g/mol. The lowest BCUT2D eigenvalue weighted by Crippen LogP contribution is -2.10. The van der Waals surface area contributed by atoms with Gasteiger partial charge in [0, 0.05) is 23.4 Å². The Bertz CT molecular complexity index is 1170. The van der Waals surface area contributed by atoms with Crippen molar-refractivity contribution in [3.63, 3.8) is 0 Å². The van der Waals surface area contributed by atoms with E-state index in [-0.39, 0.29) is 11.2 Å². The number of phenols is 1. The van der Waals surface area contributed by atoms with Gasteiger partial charge >= 0.3 is 0 Å². The fourth-order valence-electron chi connectivity index (χ4n) is 3.20. The largest absolute Gasteiger partial charge is 0.507 e. The van der Waals surface area contributed by atoms with Gasteiger partial charge in [-0.25, -0.2) is 9.97 Å². The van der Waals surface area contributed by atoms with Crippen molar-refractivity contribution in [3.8, 4) is 39.9 Å². The molecule has 2 aromatic heterocycles. The van der Waals surface area contributed by atoms with Crippen molar-refractivity contribution >= 4 is 0 Å². The summed E-state index contributed by atoms with van der Waals surface area (Å²) < 4.78 is 5.85. The van der Waals surface area contributed by atoms with E-state index in [2.05, 4.69) is 25.8 Å². The Morgan fingerprint density at radius 3 is 2.37 bits per heavy atom. The fraction of sp³-hybridized carbons (Fsp3) is 0.154. The average molecular weight is 396 g/mol. The van der Waals surface area contributed by atoms with Crippen LogP contribution in [0.25, 0.3) is 22.5 Å². The zero-order chi connectivity index (χ0) is 21.1. The second-order valence-electron chi connectivity index (χ2n) is 8.19. The molecule has 30 heavy (non-hydrogen) atoms. The molecule has 2 heterocycles. The number of aromatic hydroxyl groups is 1. The normalized spacial score (nSPS) is 11.3. The third-order valence-electron chi connectivity index (χ3n) is 4.88. The Morgan fingerprint density at radius 2 is 1.60 bits per heavy atom. The predicted octanol–water partition coefficient (Wildman–Crippen LogP) is 6.61. The quantitative estimate of drug-likeness (QED) is 0.422. The van der Waals surface area contributed by atoms with Gasteiger partial charge in [-0.2, -0.15) is 0 Å². The molecule has 0 aliphatic carbocycles. The molecule has 0 radical (unpaired) electrons. The third-order valence-corrected chi connectivity index (χ3v) is 4.88. The molecule has 150 valence electrons. The van der Waals surface area contributed by atoms with E-state index >= 15 is 0 Å². The molecule has 0 fully saturated rings. The number of nitrogens with zero attached hydrogens (tertiary/aromatic N) is 2. The SMILES string of the molecule is CC(C)(C)c1ccc(O)c(-c2cccc(-c3cccc(Oc4ccccn4)c3)n2)c1. The highest BCUT2D eigenvalue weighted by Crippen LogP contribution is 2.34. The molecular formula is C26H24N2O2. The van der Waals surface area contributed by atoms with E-state index in [4.69, 9.17) is 9.72 Å². The number of aromatic nitrogens is 2. The summed E-state index contributed by atoms with van der Waals surface area (Å²) in [5.41, 5.74) is 4.32. The lowest BCUT2D eigenvalue weighted by molar-refractivity contribution is 0.463. The molecule has 4 nitrogen and oxygen atoms in total. The van der Waals surface area contributed by atoms with Gasteiger partial charge in [-0.1, -0.05) is 51.1 Å². The van der Waals surface area contributed by atoms with Crippen LogP contribution >= 0.6 is 0 Å². The van der Waals surface area contributed by atoms with Crippen LogP contribution in [0.3, 0.4) is 0 Å². The van der Waals surface area contributed by atoms with Crippen LogP contribution in [-0.4, -0.2) is 15.1 Å². The summed E-state index contributed by atoms with van der Waals surface area (Å²) in [6.45, 7) is 6.46. The van der Waals surface area contributed by atoms with Crippen molar-refractivity contribution in [3.05, 3.63) is 90.6 Å². The number of benzene rings is 2. The van der Waals surface area contributed by atoms with Gasteiger partial charge in [0.15, 0.2) is 0 Å². The summed E-state index contributed by atoms with van der Waals surface area (Å²) in [6, 6.07) is 24.8. The number of rotatable bonds is 4. The van der Waals surface area contributed by atoms with Gasteiger partial charge in [-0.15, -0.1) is 0 Å². The van der Waals surface area contributed by atoms with Crippen molar-refractivity contribution in [2.75, 3.05) is 0 Å². The first kappa shape index (κ1) is 19.6. The predicted molar refractivity (Wildman–Crippen MR) is 120 cm³/mol. The van der Waals surface area contributed by atoms with Crippen LogP contribution in [0.4, 0.5) is 0 Å². The third kappa shape index (κ3) is 4.33. The van der Waals surface area contributed by atoms with E-state index in [1.165, 1.54) is 0 Å². The highest BCUT2D eigenvalue weighted by Gasteiger charge is 2.17. The van der Waals surface area contributed by atoms with Gasteiger partial charge in [0.05, 0.1) is 11.4 Å². The highest BCUT2D eigenvalue weighted by molar-refractivity contribution is 5.71. The summed E-state index contributed by atoms with van der Waals surface area (Å²) in [5, 5.41) is 10.5. The summed E-state index contributed by atoms with van der Waals surface area (Å²) >= 11 is 0. The second kappa shape index (κ2) is 7.99. The van der Waals surface area contributed by atoms with E-state index in [1.807, 2.05) is 72.8 Å². The maximum absolute atomic E-state index is 10.5. The van der Waals surface area contributed by atoms with Crippen molar-refractivity contribution in [2.45, 2.75) is 26.2 Å². The zero-order valence-corrected chi connectivity index (χ0v) is 17.3. The van der Waals surface area contributed by atoms with Crippen LogP contribution in [0.15, 0.2) is 85.1 Å². The van der Waals surface area contributed by atoms with Crippen molar-refractivity contribution in [2.24, 2.45) is 0 Å². The molecule has 0 atom stereocenters. The Kier molecular flexibility index (Phi) is 5.23. The molecule has 0 aliphatic heterocycles. The summed E-state index contributed by atoms with van der Waals surface area (Å²) in [6.07, 6.45) is 1.70. The minimum Gasteiger partial charge on any atom is -0.507 e. The van der Waals surface area contributed by atoms with Gasteiger partial charge in [0.2, 0.25) is 5.88 Å². The highest BCUT2D eigenvalue weighted by atomic mass is 16.5. The molecule has 0 spiro atoms. The van der Waals surface area contributed by atoms with Crippen LogP contribution < -0.4 is 4.74 Å². The maximum Gasteiger partial charge on any atom is 0.219 e. The van der Waals surface area contributed by atoms with Crippen LogP contribution in [0, 0.1) is 0 Å². The lowest BCUT2D eigenvalue weighted by Gasteiger charge is -2.20. The van der Waals surface area contributed by atoms with Crippen LogP contribution in [-0.2, 0) is 5.41 Å². The van der Waals surface area contributed by atoms with Gasteiger partial charge in [-0.05, 0) is 53.4 Å². The molecule has 1 N–H and O–H groups in total. The number of phenolic OH excluding ortho intramolecular Hbond substituents is 1. The Morgan fingerprint density at radius 1 is 0.800 bits per heavy atom. The van der Waals surface area contributed by atoms with Crippen LogP contribution in [0.1, 0.15) is 26.3 Å². The molecule has 0 saturated heterocycles. The van der Waals surface area contributed by atoms with Crippen LogP contribution in [0.2, 0.25) is 0 Å². The lowest BCUT2D eigenvalue weighted by atomic mass is 9.85. The van der Waals surface area contributed by atoms with Gasteiger partial charge < -0.3 is 9.84 Å². The molecule has 0 unspecified atom stereocenters. The molecule has 0 bridgehead atoms. The first-order valence-electron chi connectivity index (χ1n) is 9.90. The van der Waals surface area contributed by atoms with Crippen molar-refractivity contribution in [1.29, 1.82) is 0 Å². The van der Waals surface area contributed by atoms with E-state index in [0.29, 0.717) is 11.6 Å². The summed E-state index contributed by atoms with van der Waals surface area (Å²) in [5.74, 6) is 1.45. The van der Waals surface area contributed by atoms with Crippen molar-refractivity contribution < 1.29 is 9.84 Å². The number of hydrogen-bond acceptors (Lipinski definition) is 4. The monoisotopic (exact) mass is 396 g/mol. The molecule has 4 rings (SSSR count). The van der Waals surface area contributed by atoms with E-state index in [9.17, 15) is 5.11 Å². The van der Waals surface area contributed by atoms with Crippen LogP contribution in [0.5, 0.6) is 17.4 Å². The topological polar surface area (TPSA) is 55.2 Å². The number of pyridine rings is 2. The molecule has 4 aromatic rings. The van der Waals surface area contributed by atoms with Gasteiger partial charge in [-0.3, -0.25) is 0 Å². The fourth-order valence-corrected chi connectivity index (χ4v) is 3.20. The first-order valence-corrected chi connectivity index (χ1v) is 9.90. The minimum absolute atomic E-state index is 0.0167. The van der Waals surface area contributed by atoms with Gasteiger partial charge in [0.25, 0.3) is 0 Å². The molecule has 0 amide bonds. The van der Waals surface area contributed by atoms with Crippen molar-refractivity contribution in [1.82, 2.24) is 9.97 Å². The second-order valence-corrected chi connectivity index (χ2v) is 8.19. The Hall–Kier alpha value is -3.66. The molecule has 2 aromatic carbocycles. The summed E-state index contributed by atoms with van der Waals surface area (Å²) in [4.78, 5) is 9.02. The van der Waals surface area contributed by atoms with E-state index in [0.717, 1.165) is 28.1 Å². The standard InChI is InChI=1S/C26H24N2O2/c1-26(2,3)19-13-14-24(29)21(17-19)23-11-7-10-22(28-23)18-8-6-9-20(16-18)30-25-12-4-5-15-27-25/h4-17,29H,1-3H3. The average Bonchev–Trinajstić information content (AvgIpc) is 2.74. The smallest absolute Gasteiger partial charge is 0.219 e. The number of ether oxygens (including phenoxy) is 1. The van der Waals surface area contributed by atoms with E-state index < -0.39 is 0 Å². The molecule has 0 saturated carbocycles. The number of hydrogen-bond donors (Lipinski definition) is 1.